The second-order valence-electron chi connectivity index (χ2n) is 15.1. The monoisotopic (exact) mass is 754 g/mol. The van der Waals surface area contributed by atoms with Gasteiger partial charge in [-0.1, -0.05) is 127 Å². The van der Waals surface area contributed by atoms with E-state index in [1.807, 2.05) is 24.4 Å². The molecule has 9 aromatic carbocycles. The summed E-state index contributed by atoms with van der Waals surface area (Å²) in [5.41, 5.74) is 13.0. The Labute approximate surface area is 339 Å². The SMILES string of the molecule is c1ccc(-c2ccc(N(c3ccc4oc5cccc(-c6cccc7c6ccc6ccccc67)c5c4c3)c3cccc4oc5cc(-c6ccccn6)ccc5c34)cc2)cc1. The van der Waals surface area contributed by atoms with Crippen LogP contribution in [-0.2, 0) is 0 Å². The van der Waals surface area contributed by atoms with Crippen LogP contribution in [-0.4, -0.2) is 4.98 Å². The maximum absolute atomic E-state index is 6.63. The first kappa shape index (κ1) is 33.2. The Morgan fingerprint density at radius 2 is 1.05 bits per heavy atom. The lowest BCUT2D eigenvalue weighted by Gasteiger charge is -2.26. The van der Waals surface area contributed by atoms with E-state index in [1.54, 1.807) is 0 Å². The highest BCUT2D eigenvalue weighted by atomic mass is 16.3. The second-order valence-corrected chi connectivity index (χ2v) is 15.1. The lowest BCUT2D eigenvalue weighted by molar-refractivity contribution is 0.668. The molecule has 0 aliphatic rings. The molecule has 0 saturated heterocycles. The molecule has 0 unspecified atom stereocenters. The summed E-state index contributed by atoms with van der Waals surface area (Å²) in [6, 6.07) is 70.8. The molecule has 0 saturated carbocycles. The van der Waals surface area contributed by atoms with Crippen molar-refractivity contribution < 1.29 is 8.83 Å². The van der Waals surface area contributed by atoms with E-state index in [0.29, 0.717) is 0 Å². The molecule has 12 rings (SSSR count). The Bertz CT molecular complexity index is 3550. The number of nitrogens with zero attached hydrogens (tertiary/aromatic N) is 2. The van der Waals surface area contributed by atoms with Crippen molar-refractivity contribution in [2.45, 2.75) is 0 Å². The summed E-state index contributed by atoms with van der Waals surface area (Å²) in [6.45, 7) is 0. The average Bonchev–Trinajstić information content (AvgIpc) is 3.88. The maximum Gasteiger partial charge on any atom is 0.137 e. The Balaban J connectivity index is 1.08. The number of rotatable bonds is 6. The fourth-order valence-corrected chi connectivity index (χ4v) is 9.00. The second kappa shape index (κ2) is 13.3. The van der Waals surface area contributed by atoms with Gasteiger partial charge in [0, 0.05) is 39.3 Å². The molecular weight excluding hydrogens is 721 g/mol. The first-order valence-corrected chi connectivity index (χ1v) is 19.9. The summed E-state index contributed by atoms with van der Waals surface area (Å²) in [7, 11) is 0. The predicted molar refractivity (Wildman–Crippen MR) is 245 cm³/mol. The number of hydrogen-bond donors (Lipinski definition) is 0. The average molecular weight is 755 g/mol. The number of pyridine rings is 1. The van der Waals surface area contributed by atoms with Crippen LogP contribution in [0.3, 0.4) is 0 Å². The van der Waals surface area contributed by atoms with E-state index < -0.39 is 0 Å². The normalized spacial score (nSPS) is 11.7. The molecule has 0 spiro atoms. The molecule has 0 N–H and O–H groups in total. The number of anilines is 3. The van der Waals surface area contributed by atoms with Gasteiger partial charge in [0.05, 0.1) is 16.8 Å². The van der Waals surface area contributed by atoms with Gasteiger partial charge in [-0.25, -0.2) is 0 Å². The standard InChI is InChI=1S/C55H34N2O2/c1-2-11-35(12-3-1)36-22-26-39(27-23-36)57(49-19-10-21-52-55(49)46-30-25-38(33-53(46)59-52)48-18-6-7-32-56-48)40-28-31-50-47(34-40)54-45(17-9-20-51(54)58-50)43-16-8-15-42-41-14-5-4-13-37(41)24-29-44(42)43/h1-34H. The molecule has 0 radical (unpaired) electrons. The third-order valence-electron chi connectivity index (χ3n) is 11.7. The molecule has 0 amide bonds. The van der Waals surface area contributed by atoms with E-state index in [2.05, 4.69) is 192 Å². The largest absolute Gasteiger partial charge is 0.456 e. The molecule has 59 heavy (non-hydrogen) atoms. The van der Waals surface area contributed by atoms with Gasteiger partial charge in [0.15, 0.2) is 0 Å². The van der Waals surface area contributed by atoms with Gasteiger partial charge in [-0.05, 0) is 117 Å². The summed E-state index contributed by atoms with van der Waals surface area (Å²) in [5, 5.41) is 9.18. The van der Waals surface area contributed by atoms with E-state index in [4.69, 9.17) is 8.83 Å². The van der Waals surface area contributed by atoms with Crippen LogP contribution in [0.4, 0.5) is 17.1 Å². The summed E-state index contributed by atoms with van der Waals surface area (Å²) in [6.07, 6.45) is 1.82. The molecule has 3 aromatic heterocycles. The van der Waals surface area contributed by atoms with Gasteiger partial charge in [0.25, 0.3) is 0 Å². The number of furan rings is 2. The van der Waals surface area contributed by atoms with Gasteiger partial charge < -0.3 is 13.7 Å². The van der Waals surface area contributed by atoms with Gasteiger partial charge in [0.1, 0.15) is 22.3 Å². The van der Waals surface area contributed by atoms with Crippen LogP contribution in [0.25, 0.3) is 98.9 Å². The number of benzene rings is 9. The van der Waals surface area contributed by atoms with Gasteiger partial charge in [-0.3, -0.25) is 4.98 Å². The highest BCUT2D eigenvalue weighted by Crippen LogP contribution is 2.47. The smallest absolute Gasteiger partial charge is 0.137 e. The van der Waals surface area contributed by atoms with Crippen LogP contribution in [0.1, 0.15) is 0 Å². The molecule has 4 nitrogen and oxygen atoms in total. The zero-order valence-electron chi connectivity index (χ0n) is 31.8. The molecule has 0 aliphatic heterocycles. The van der Waals surface area contributed by atoms with E-state index in [0.717, 1.165) is 83.3 Å². The van der Waals surface area contributed by atoms with Gasteiger partial charge in [0.2, 0.25) is 0 Å². The van der Waals surface area contributed by atoms with E-state index >= 15 is 0 Å². The third kappa shape index (κ3) is 5.42. The Morgan fingerprint density at radius 1 is 0.356 bits per heavy atom. The lowest BCUT2D eigenvalue weighted by atomic mass is 9.92. The Hall–Kier alpha value is -7.95. The fourth-order valence-electron chi connectivity index (χ4n) is 9.00. The van der Waals surface area contributed by atoms with Gasteiger partial charge in [-0.15, -0.1) is 0 Å². The van der Waals surface area contributed by atoms with Crippen LogP contribution < -0.4 is 4.90 Å². The molecule has 0 aliphatic carbocycles. The van der Waals surface area contributed by atoms with Crippen molar-refractivity contribution >= 4 is 82.5 Å². The Kier molecular flexibility index (Phi) is 7.50. The minimum atomic E-state index is 0.818. The zero-order valence-corrected chi connectivity index (χ0v) is 31.8. The van der Waals surface area contributed by atoms with Crippen LogP contribution >= 0.6 is 0 Å². The predicted octanol–water partition coefficient (Wildman–Crippen LogP) is 15.7. The van der Waals surface area contributed by atoms with Crippen molar-refractivity contribution in [3.63, 3.8) is 0 Å². The maximum atomic E-state index is 6.63. The Morgan fingerprint density at radius 3 is 1.93 bits per heavy atom. The van der Waals surface area contributed by atoms with Crippen molar-refractivity contribution in [2.24, 2.45) is 0 Å². The summed E-state index contributed by atoms with van der Waals surface area (Å²) in [4.78, 5) is 6.95. The van der Waals surface area contributed by atoms with Crippen molar-refractivity contribution in [1.29, 1.82) is 0 Å². The topological polar surface area (TPSA) is 42.4 Å². The van der Waals surface area contributed by atoms with E-state index in [-0.39, 0.29) is 0 Å². The molecule has 4 heteroatoms. The quantitative estimate of drug-likeness (QED) is 0.159. The van der Waals surface area contributed by atoms with Crippen LogP contribution in [0.5, 0.6) is 0 Å². The lowest BCUT2D eigenvalue weighted by Crippen LogP contribution is -2.10. The molecule has 0 bridgehead atoms. The number of aromatic nitrogens is 1. The number of hydrogen-bond acceptors (Lipinski definition) is 4. The molecule has 0 atom stereocenters. The highest BCUT2D eigenvalue weighted by molar-refractivity contribution is 6.19. The fraction of sp³-hybridized carbons (Fsp3) is 0. The van der Waals surface area contributed by atoms with E-state index in [9.17, 15) is 0 Å². The molecule has 0 fully saturated rings. The minimum Gasteiger partial charge on any atom is -0.456 e. The van der Waals surface area contributed by atoms with Gasteiger partial charge >= 0.3 is 0 Å². The number of fused-ring (bicyclic) bond motifs is 9. The van der Waals surface area contributed by atoms with Crippen molar-refractivity contribution in [3.8, 4) is 33.5 Å². The minimum absolute atomic E-state index is 0.818. The zero-order chi connectivity index (χ0) is 38.9. The van der Waals surface area contributed by atoms with Crippen molar-refractivity contribution in [1.82, 2.24) is 4.98 Å². The first-order chi connectivity index (χ1) is 29.2. The van der Waals surface area contributed by atoms with Crippen LogP contribution in [0, 0.1) is 0 Å². The van der Waals surface area contributed by atoms with E-state index in [1.165, 1.54) is 32.7 Å². The van der Waals surface area contributed by atoms with Gasteiger partial charge in [-0.2, -0.15) is 0 Å². The molecule has 3 heterocycles. The van der Waals surface area contributed by atoms with Crippen LogP contribution in [0.2, 0.25) is 0 Å². The van der Waals surface area contributed by atoms with Crippen molar-refractivity contribution in [3.05, 3.63) is 206 Å². The summed E-state index contributed by atoms with van der Waals surface area (Å²) < 4.78 is 13.3. The molecule has 276 valence electrons. The highest BCUT2D eigenvalue weighted by Gasteiger charge is 2.22. The summed E-state index contributed by atoms with van der Waals surface area (Å²) in [5.74, 6) is 0. The van der Waals surface area contributed by atoms with Crippen molar-refractivity contribution in [2.75, 3.05) is 4.90 Å². The first-order valence-electron chi connectivity index (χ1n) is 19.9. The third-order valence-corrected chi connectivity index (χ3v) is 11.7. The van der Waals surface area contributed by atoms with Crippen LogP contribution in [0.15, 0.2) is 215 Å². The summed E-state index contributed by atoms with van der Waals surface area (Å²) >= 11 is 0. The molecular formula is C55H34N2O2. The molecule has 12 aromatic rings.